The first-order valence-electron chi connectivity index (χ1n) is 6.86. The highest BCUT2D eigenvalue weighted by molar-refractivity contribution is 7.12. The van der Waals surface area contributed by atoms with Crippen molar-refractivity contribution in [2.45, 2.75) is 39.2 Å². The molecule has 0 fully saturated rings. The molecule has 0 aliphatic carbocycles. The molecule has 2 rings (SSSR count). The first-order valence-corrected chi connectivity index (χ1v) is 7.68. The van der Waals surface area contributed by atoms with Crippen LogP contribution in [0, 0.1) is 12.7 Å². The highest BCUT2D eigenvalue weighted by Gasteiger charge is 2.20. The SMILES string of the molecule is CNC(c1ccc(C)c(F)c1)c1ccc(C(C)(C)C)s1. The normalized spacial score (nSPS) is 13.5. The van der Waals surface area contributed by atoms with Gasteiger partial charge in [-0.3, -0.25) is 0 Å². The van der Waals surface area contributed by atoms with Crippen molar-refractivity contribution in [1.82, 2.24) is 5.32 Å². The number of thiophene rings is 1. The third-order valence-corrected chi connectivity index (χ3v) is 5.04. The zero-order valence-electron chi connectivity index (χ0n) is 12.8. The van der Waals surface area contributed by atoms with Crippen molar-refractivity contribution in [2.75, 3.05) is 7.05 Å². The minimum atomic E-state index is -0.143. The van der Waals surface area contributed by atoms with Gasteiger partial charge in [0.15, 0.2) is 0 Å². The number of hydrogen-bond acceptors (Lipinski definition) is 2. The molecule has 0 bridgehead atoms. The Kier molecular flexibility index (Phi) is 4.31. The van der Waals surface area contributed by atoms with Gasteiger partial charge in [0.05, 0.1) is 6.04 Å². The Morgan fingerprint density at radius 2 is 1.85 bits per heavy atom. The fourth-order valence-corrected chi connectivity index (χ4v) is 3.38. The maximum Gasteiger partial charge on any atom is 0.126 e. The van der Waals surface area contributed by atoms with E-state index in [0.717, 1.165) is 5.56 Å². The summed E-state index contributed by atoms with van der Waals surface area (Å²) >= 11 is 1.79. The second-order valence-corrected chi connectivity index (χ2v) is 7.30. The number of aryl methyl sites for hydroxylation is 1. The van der Waals surface area contributed by atoms with E-state index in [0.29, 0.717) is 5.56 Å². The molecule has 20 heavy (non-hydrogen) atoms. The fraction of sp³-hybridized carbons (Fsp3) is 0.412. The number of hydrogen-bond donors (Lipinski definition) is 1. The molecular formula is C17H22FNS. The highest BCUT2D eigenvalue weighted by atomic mass is 32.1. The molecule has 0 saturated heterocycles. The predicted octanol–water partition coefficient (Wildman–Crippen LogP) is 4.80. The summed E-state index contributed by atoms with van der Waals surface area (Å²) < 4.78 is 13.8. The quantitative estimate of drug-likeness (QED) is 0.856. The van der Waals surface area contributed by atoms with Crippen molar-refractivity contribution in [3.05, 3.63) is 57.0 Å². The van der Waals surface area contributed by atoms with Crippen LogP contribution in [-0.4, -0.2) is 7.05 Å². The second-order valence-electron chi connectivity index (χ2n) is 6.18. The molecule has 1 aromatic carbocycles. The van der Waals surface area contributed by atoms with Crippen molar-refractivity contribution >= 4 is 11.3 Å². The lowest BCUT2D eigenvalue weighted by Gasteiger charge is -2.18. The largest absolute Gasteiger partial charge is 0.309 e. The first-order chi connectivity index (χ1) is 9.32. The third kappa shape index (κ3) is 3.10. The van der Waals surface area contributed by atoms with Gasteiger partial charge >= 0.3 is 0 Å². The van der Waals surface area contributed by atoms with E-state index in [4.69, 9.17) is 0 Å². The van der Waals surface area contributed by atoms with E-state index in [1.165, 1.54) is 9.75 Å². The summed E-state index contributed by atoms with van der Waals surface area (Å²) in [5, 5.41) is 3.29. The van der Waals surface area contributed by atoms with Crippen LogP contribution in [0.4, 0.5) is 4.39 Å². The molecule has 0 radical (unpaired) electrons. The number of halogens is 1. The average molecular weight is 291 g/mol. The maximum atomic E-state index is 13.8. The molecule has 2 aromatic rings. The second kappa shape index (κ2) is 5.66. The van der Waals surface area contributed by atoms with Gasteiger partial charge in [0.1, 0.15) is 5.82 Å². The lowest BCUT2D eigenvalue weighted by atomic mass is 9.95. The Labute approximate surface area is 124 Å². The number of benzene rings is 1. The molecule has 1 unspecified atom stereocenters. The van der Waals surface area contributed by atoms with Crippen LogP contribution in [0.1, 0.15) is 47.7 Å². The Morgan fingerprint density at radius 3 is 2.35 bits per heavy atom. The van der Waals surface area contributed by atoms with E-state index >= 15 is 0 Å². The van der Waals surface area contributed by atoms with Crippen molar-refractivity contribution < 1.29 is 4.39 Å². The van der Waals surface area contributed by atoms with E-state index < -0.39 is 0 Å². The lowest BCUT2D eigenvalue weighted by molar-refractivity contribution is 0.604. The van der Waals surface area contributed by atoms with Gasteiger partial charge in [0.2, 0.25) is 0 Å². The molecule has 0 aliphatic heterocycles. The molecule has 1 nitrogen and oxygen atoms in total. The molecule has 1 N–H and O–H groups in total. The van der Waals surface area contributed by atoms with E-state index in [9.17, 15) is 4.39 Å². The van der Waals surface area contributed by atoms with Crippen molar-refractivity contribution in [2.24, 2.45) is 0 Å². The van der Waals surface area contributed by atoms with Crippen LogP contribution in [0.25, 0.3) is 0 Å². The Balaban J connectivity index is 2.37. The average Bonchev–Trinajstić information content (AvgIpc) is 2.84. The van der Waals surface area contributed by atoms with Crippen molar-refractivity contribution in [3.63, 3.8) is 0 Å². The van der Waals surface area contributed by atoms with Crippen molar-refractivity contribution in [1.29, 1.82) is 0 Å². The van der Waals surface area contributed by atoms with Gasteiger partial charge in [-0.1, -0.05) is 32.9 Å². The standard InChI is InChI=1S/C17H22FNS/c1-11-6-7-12(10-13(11)18)16(19-5)14-8-9-15(20-14)17(2,3)4/h6-10,16,19H,1-5H3. The monoisotopic (exact) mass is 291 g/mol. The van der Waals surface area contributed by atoms with Gasteiger partial charge < -0.3 is 5.32 Å². The summed E-state index contributed by atoms with van der Waals surface area (Å²) in [4.78, 5) is 2.57. The summed E-state index contributed by atoms with van der Waals surface area (Å²) in [5.41, 5.74) is 1.81. The third-order valence-electron chi connectivity index (χ3n) is 3.47. The molecule has 108 valence electrons. The Morgan fingerprint density at radius 1 is 1.15 bits per heavy atom. The lowest BCUT2D eigenvalue weighted by Crippen LogP contribution is -2.16. The van der Waals surface area contributed by atoms with Gasteiger partial charge in [0, 0.05) is 9.75 Å². The van der Waals surface area contributed by atoms with E-state index in [1.807, 2.05) is 19.2 Å². The summed E-state index contributed by atoms with van der Waals surface area (Å²) in [6.07, 6.45) is 0. The van der Waals surface area contributed by atoms with Gasteiger partial charge in [-0.05, 0) is 48.7 Å². The maximum absolute atomic E-state index is 13.8. The van der Waals surface area contributed by atoms with Crippen LogP contribution < -0.4 is 5.32 Å². The summed E-state index contributed by atoms with van der Waals surface area (Å²) in [7, 11) is 1.92. The topological polar surface area (TPSA) is 12.0 Å². The summed E-state index contributed by atoms with van der Waals surface area (Å²) in [6.45, 7) is 8.42. The van der Waals surface area contributed by atoms with E-state index in [2.05, 4.69) is 38.2 Å². The van der Waals surface area contributed by atoms with E-state index in [-0.39, 0.29) is 17.3 Å². The summed E-state index contributed by atoms with van der Waals surface area (Å²) in [6, 6.07) is 9.83. The van der Waals surface area contributed by atoms with Crippen LogP contribution >= 0.6 is 11.3 Å². The smallest absolute Gasteiger partial charge is 0.126 e. The molecule has 3 heteroatoms. The van der Waals surface area contributed by atoms with E-state index in [1.54, 1.807) is 24.3 Å². The van der Waals surface area contributed by atoms with Crippen LogP contribution in [0.5, 0.6) is 0 Å². The molecule has 0 aliphatic rings. The fourth-order valence-electron chi connectivity index (χ4n) is 2.17. The van der Waals surface area contributed by atoms with Gasteiger partial charge in [0.25, 0.3) is 0 Å². The molecule has 1 atom stereocenters. The molecule has 0 spiro atoms. The van der Waals surface area contributed by atoms with Crippen LogP contribution in [0.2, 0.25) is 0 Å². The minimum absolute atomic E-state index is 0.0474. The zero-order valence-corrected chi connectivity index (χ0v) is 13.6. The van der Waals surface area contributed by atoms with Crippen LogP contribution in [0.3, 0.4) is 0 Å². The van der Waals surface area contributed by atoms with Crippen LogP contribution in [-0.2, 0) is 5.41 Å². The minimum Gasteiger partial charge on any atom is -0.309 e. The van der Waals surface area contributed by atoms with Crippen LogP contribution in [0.15, 0.2) is 30.3 Å². The van der Waals surface area contributed by atoms with Gasteiger partial charge in [-0.25, -0.2) is 4.39 Å². The van der Waals surface area contributed by atoms with Gasteiger partial charge in [-0.2, -0.15) is 0 Å². The number of nitrogens with one attached hydrogen (secondary N) is 1. The Hall–Kier alpha value is -1.19. The molecular weight excluding hydrogens is 269 g/mol. The summed E-state index contributed by atoms with van der Waals surface area (Å²) in [5.74, 6) is -0.143. The highest BCUT2D eigenvalue weighted by Crippen LogP contribution is 2.34. The molecule has 0 saturated carbocycles. The zero-order chi connectivity index (χ0) is 14.9. The Bertz CT molecular complexity index is 595. The predicted molar refractivity (Wildman–Crippen MR) is 85.1 cm³/mol. The van der Waals surface area contributed by atoms with Crippen molar-refractivity contribution in [3.8, 4) is 0 Å². The molecule has 1 heterocycles. The molecule has 0 amide bonds. The molecule has 1 aromatic heterocycles. The van der Waals surface area contributed by atoms with Gasteiger partial charge in [-0.15, -0.1) is 11.3 Å². The first kappa shape index (κ1) is 15.2. The number of rotatable bonds is 3.